The zero-order chi connectivity index (χ0) is 19.8. The molecule has 1 aliphatic heterocycles. The minimum atomic E-state index is -0.236. The minimum absolute atomic E-state index is 0. The van der Waals surface area contributed by atoms with Crippen LogP contribution in [0.3, 0.4) is 0 Å². The number of ether oxygens (including phenoxy) is 1. The second-order valence-electron chi connectivity index (χ2n) is 6.63. The summed E-state index contributed by atoms with van der Waals surface area (Å²) in [5.41, 5.74) is 2.43. The molecule has 0 saturated carbocycles. The van der Waals surface area contributed by atoms with Crippen molar-refractivity contribution in [2.75, 3.05) is 39.8 Å². The fourth-order valence-electron chi connectivity index (χ4n) is 3.26. The average molecular weight is 512 g/mol. The van der Waals surface area contributed by atoms with Gasteiger partial charge in [0, 0.05) is 58.7 Å². The number of nitrogens with one attached hydrogen (secondary N) is 1. The van der Waals surface area contributed by atoms with Gasteiger partial charge in [-0.15, -0.1) is 24.0 Å². The molecule has 1 saturated heterocycles. The van der Waals surface area contributed by atoms with E-state index in [1.54, 1.807) is 18.1 Å². The first-order valence-corrected chi connectivity index (χ1v) is 9.60. The van der Waals surface area contributed by atoms with Crippen molar-refractivity contribution in [2.45, 2.75) is 20.0 Å². The Labute approximate surface area is 189 Å². The van der Waals surface area contributed by atoms with Crippen molar-refractivity contribution in [3.05, 3.63) is 54.1 Å². The molecule has 1 aromatic heterocycles. The maximum atomic E-state index is 11.8. The SMILES string of the molecule is CCOC(=O)N1CCN(C(=NC)NCc2cccc(Cn3ccnc3)c2)CC1.I. The Morgan fingerprint density at radius 1 is 1.21 bits per heavy atom. The molecule has 1 aliphatic rings. The molecule has 0 unspecified atom stereocenters. The van der Waals surface area contributed by atoms with Crippen molar-refractivity contribution < 1.29 is 9.53 Å². The van der Waals surface area contributed by atoms with E-state index in [2.05, 4.69) is 49.0 Å². The van der Waals surface area contributed by atoms with Gasteiger partial charge in [0.25, 0.3) is 0 Å². The number of aliphatic imine (C=N–C) groups is 1. The number of nitrogens with zero attached hydrogens (tertiary/aromatic N) is 5. The third-order valence-corrected chi connectivity index (χ3v) is 4.68. The summed E-state index contributed by atoms with van der Waals surface area (Å²) in [7, 11) is 1.79. The zero-order valence-electron chi connectivity index (χ0n) is 17.0. The van der Waals surface area contributed by atoms with Crippen LogP contribution in [0.4, 0.5) is 4.79 Å². The quantitative estimate of drug-likeness (QED) is 0.379. The maximum absolute atomic E-state index is 11.8. The Morgan fingerprint density at radius 3 is 2.59 bits per heavy atom. The number of benzene rings is 1. The van der Waals surface area contributed by atoms with Crippen LogP contribution in [0.5, 0.6) is 0 Å². The number of carbonyl (C=O) groups excluding carboxylic acids is 1. The third-order valence-electron chi connectivity index (χ3n) is 4.68. The van der Waals surface area contributed by atoms with Gasteiger partial charge in [0.1, 0.15) is 0 Å². The number of imidazole rings is 1. The highest BCUT2D eigenvalue weighted by Crippen LogP contribution is 2.09. The summed E-state index contributed by atoms with van der Waals surface area (Å²) in [6.07, 6.45) is 5.34. The Bertz CT molecular complexity index is 788. The molecule has 1 aromatic carbocycles. The van der Waals surface area contributed by atoms with Crippen molar-refractivity contribution in [2.24, 2.45) is 4.99 Å². The van der Waals surface area contributed by atoms with Crippen LogP contribution in [-0.4, -0.2) is 71.2 Å². The van der Waals surface area contributed by atoms with Crippen molar-refractivity contribution in [1.29, 1.82) is 0 Å². The summed E-state index contributed by atoms with van der Waals surface area (Å²) in [4.78, 5) is 24.2. The van der Waals surface area contributed by atoms with Crippen molar-refractivity contribution in [3.63, 3.8) is 0 Å². The van der Waals surface area contributed by atoms with Crippen LogP contribution < -0.4 is 5.32 Å². The van der Waals surface area contributed by atoms with Crippen LogP contribution in [0.25, 0.3) is 0 Å². The van der Waals surface area contributed by atoms with E-state index < -0.39 is 0 Å². The molecule has 29 heavy (non-hydrogen) atoms. The van der Waals surface area contributed by atoms with Crippen LogP contribution in [0.2, 0.25) is 0 Å². The van der Waals surface area contributed by atoms with Crippen LogP contribution in [0.15, 0.2) is 48.0 Å². The Kier molecular flexibility index (Phi) is 9.23. The molecule has 2 aromatic rings. The molecule has 1 N–H and O–H groups in total. The third kappa shape index (κ3) is 6.62. The number of guanidine groups is 1. The Morgan fingerprint density at radius 2 is 1.93 bits per heavy atom. The van der Waals surface area contributed by atoms with E-state index in [4.69, 9.17) is 4.74 Å². The van der Waals surface area contributed by atoms with Gasteiger partial charge in [0.05, 0.1) is 12.9 Å². The number of carbonyl (C=O) groups is 1. The van der Waals surface area contributed by atoms with Gasteiger partial charge in [-0.25, -0.2) is 9.78 Å². The largest absolute Gasteiger partial charge is 0.450 e. The summed E-state index contributed by atoms with van der Waals surface area (Å²) < 4.78 is 7.12. The molecule has 0 aliphatic carbocycles. The summed E-state index contributed by atoms with van der Waals surface area (Å²) in [6, 6.07) is 8.49. The lowest BCUT2D eigenvalue weighted by Crippen LogP contribution is -2.53. The van der Waals surface area contributed by atoms with Gasteiger partial charge >= 0.3 is 6.09 Å². The monoisotopic (exact) mass is 512 g/mol. The molecule has 2 heterocycles. The van der Waals surface area contributed by atoms with Gasteiger partial charge in [-0.05, 0) is 18.1 Å². The fraction of sp³-hybridized carbons (Fsp3) is 0.450. The molecule has 3 rings (SSSR count). The molecule has 1 fully saturated rings. The van der Waals surface area contributed by atoms with Crippen LogP contribution >= 0.6 is 24.0 Å². The van der Waals surface area contributed by atoms with Crippen LogP contribution in [0, 0.1) is 0 Å². The van der Waals surface area contributed by atoms with Crippen molar-refractivity contribution >= 4 is 36.0 Å². The molecule has 0 spiro atoms. The average Bonchev–Trinajstić information content (AvgIpc) is 3.22. The molecule has 0 atom stereocenters. The van der Waals surface area contributed by atoms with E-state index in [0.29, 0.717) is 26.2 Å². The Hall–Kier alpha value is -2.30. The second kappa shape index (κ2) is 11.6. The van der Waals surface area contributed by atoms with E-state index in [9.17, 15) is 4.79 Å². The molecule has 8 nitrogen and oxygen atoms in total. The number of piperazine rings is 1. The highest BCUT2D eigenvalue weighted by molar-refractivity contribution is 14.0. The predicted molar refractivity (Wildman–Crippen MR) is 124 cm³/mol. The number of hydrogen-bond donors (Lipinski definition) is 1. The predicted octanol–water partition coefficient (Wildman–Crippen LogP) is 2.40. The Balaban J connectivity index is 0.00000300. The number of amides is 1. The summed E-state index contributed by atoms with van der Waals surface area (Å²) >= 11 is 0. The van der Waals surface area contributed by atoms with Crippen LogP contribution in [-0.2, 0) is 17.8 Å². The van der Waals surface area contributed by atoms with E-state index in [0.717, 1.165) is 25.6 Å². The molecular formula is C20H29IN6O2. The smallest absolute Gasteiger partial charge is 0.409 e. The second-order valence-corrected chi connectivity index (χ2v) is 6.63. The standard InChI is InChI=1S/C20H28N6O2.HI/c1-3-28-20(27)26-11-9-25(10-12-26)19(21-2)23-14-17-5-4-6-18(13-17)15-24-8-7-22-16-24;/h4-8,13,16H,3,9-12,14-15H2,1-2H3,(H,21,23);1H. The molecule has 1 amide bonds. The number of aromatic nitrogens is 2. The first-order valence-electron chi connectivity index (χ1n) is 9.60. The molecule has 9 heteroatoms. The van der Waals surface area contributed by atoms with Gasteiger partial charge in [-0.3, -0.25) is 4.99 Å². The fourth-order valence-corrected chi connectivity index (χ4v) is 3.26. The summed E-state index contributed by atoms with van der Waals surface area (Å²) in [5, 5.41) is 3.43. The number of rotatable bonds is 5. The topological polar surface area (TPSA) is 75.0 Å². The van der Waals surface area contributed by atoms with Crippen molar-refractivity contribution in [1.82, 2.24) is 24.7 Å². The normalized spacial score (nSPS) is 14.3. The molecule has 0 radical (unpaired) electrons. The summed E-state index contributed by atoms with van der Waals surface area (Å²) in [5.74, 6) is 0.850. The summed E-state index contributed by atoms with van der Waals surface area (Å²) in [6.45, 7) is 6.48. The van der Waals surface area contributed by atoms with Crippen molar-refractivity contribution in [3.8, 4) is 0 Å². The maximum Gasteiger partial charge on any atom is 0.409 e. The minimum Gasteiger partial charge on any atom is -0.450 e. The lowest BCUT2D eigenvalue weighted by molar-refractivity contribution is 0.0914. The van der Waals surface area contributed by atoms with Crippen LogP contribution in [0.1, 0.15) is 18.1 Å². The lowest BCUT2D eigenvalue weighted by Gasteiger charge is -2.35. The van der Waals surface area contributed by atoms with E-state index in [-0.39, 0.29) is 30.1 Å². The van der Waals surface area contributed by atoms with E-state index in [1.165, 1.54) is 11.1 Å². The molecular weight excluding hydrogens is 483 g/mol. The van der Waals surface area contributed by atoms with Gasteiger partial charge in [-0.1, -0.05) is 24.3 Å². The van der Waals surface area contributed by atoms with Gasteiger partial charge < -0.3 is 24.4 Å². The zero-order valence-corrected chi connectivity index (χ0v) is 19.3. The van der Waals surface area contributed by atoms with Gasteiger partial charge in [-0.2, -0.15) is 0 Å². The first kappa shape index (κ1) is 23.0. The first-order chi connectivity index (χ1) is 13.7. The van der Waals surface area contributed by atoms with Gasteiger partial charge in [0.2, 0.25) is 0 Å². The highest BCUT2D eigenvalue weighted by Gasteiger charge is 2.23. The highest BCUT2D eigenvalue weighted by atomic mass is 127. The molecule has 0 bridgehead atoms. The van der Waals surface area contributed by atoms with E-state index >= 15 is 0 Å². The van der Waals surface area contributed by atoms with E-state index in [1.807, 2.05) is 19.4 Å². The van der Waals surface area contributed by atoms with Gasteiger partial charge in [0.15, 0.2) is 5.96 Å². The lowest BCUT2D eigenvalue weighted by atomic mass is 10.1. The number of halogens is 1. The molecule has 158 valence electrons. The number of hydrogen-bond acceptors (Lipinski definition) is 4.